The first-order valence-corrected chi connectivity index (χ1v) is 4.04. The van der Waals surface area contributed by atoms with E-state index in [2.05, 4.69) is 5.10 Å². The van der Waals surface area contributed by atoms with E-state index >= 15 is 0 Å². The molecule has 0 aromatic carbocycles. The summed E-state index contributed by atoms with van der Waals surface area (Å²) in [6.45, 7) is 1.66. The van der Waals surface area contributed by atoms with Crippen LogP contribution in [0.15, 0.2) is 12.4 Å². The molecule has 2 N–H and O–H groups in total. The van der Waals surface area contributed by atoms with E-state index in [9.17, 15) is 4.79 Å². The van der Waals surface area contributed by atoms with Crippen molar-refractivity contribution in [2.45, 2.75) is 13.0 Å². The minimum atomic E-state index is -0.481. The lowest BCUT2D eigenvalue weighted by molar-refractivity contribution is -0.119. The molecule has 1 aromatic heterocycles. The SMILES string of the molecule is C[C@@H](N)C(=O)N(C)c1cnn(C)c1. The minimum Gasteiger partial charge on any atom is -0.320 e. The Hall–Kier alpha value is -1.36. The first-order valence-electron chi connectivity index (χ1n) is 4.04. The Labute approximate surface area is 77.1 Å². The van der Waals surface area contributed by atoms with Crippen LogP contribution >= 0.6 is 0 Å². The standard InChI is InChI=1S/C8H14N4O/c1-6(9)8(13)12(3)7-4-10-11(2)5-7/h4-6H,9H2,1-3H3/t6-/m1/s1. The number of nitrogens with two attached hydrogens (primary N) is 1. The van der Waals surface area contributed by atoms with Gasteiger partial charge in [-0.15, -0.1) is 0 Å². The van der Waals surface area contributed by atoms with Crippen LogP contribution in [0.2, 0.25) is 0 Å². The summed E-state index contributed by atoms with van der Waals surface area (Å²) in [7, 11) is 3.48. The molecule has 0 radical (unpaired) electrons. The number of hydrogen-bond acceptors (Lipinski definition) is 3. The van der Waals surface area contributed by atoms with Crippen molar-refractivity contribution >= 4 is 11.6 Å². The van der Waals surface area contributed by atoms with Gasteiger partial charge < -0.3 is 10.6 Å². The normalized spacial score (nSPS) is 12.6. The average molecular weight is 182 g/mol. The molecule has 0 saturated heterocycles. The van der Waals surface area contributed by atoms with Crippen LogP contribution in [-0.2, 0) is 11.8 Å². The lowest BCUT2D eigenvalue weighted by atomic mass is 10.3. The van der Waals surface area contributed by atoms with E-state index in [1.807, 2.05) is 0 Å². The summed E-state index contributed by atoms with van der Waals surface area (Å²) in [6, 6.07) is -0.481. The number of carbonyl (C=O) groups excluding carboxylic acids is 1. The van der Waals surface area contributed by atoms with Crippen molar-refractivity contribution in [3.63, 3.8) is 0 Å². The number of likely N-dealkylation sites (N-methyl/N-ethyl adjacent to an activating group) is 1. The summed E-state index contributed by atoms with van der Waals surface area (Å²) >= 11 is 0. The van der Waals surface area contributed by atoms with E-state index in [4.69, 9.17) is 5.73 Å². The molecule has 13 heavy (non-hydrogen) atoms. The molecule has 0 spiro atoms. The van der Waals surface area contributed by atoms with Crippen molar-refractivity contribution in [1.82, 2.24) is 9.78 Å². The number of hydrogen-bond donors (Lipinski definition) is 1. The van der Waals surface area contributed by atoms with Gasteiger partial charge in [0.15, 0.2) is 0 Å². The Kier molecular flexibility index (Phi) is 2.67. The topological polar surface area (TPSA) is 64.2 Å². The van der Waals surface area contributed by atoms with Crippen LogP contribution < -0.4 is 10.6 Å². The fraction of sp³-hybridized carbons (Fsp3) is 0.500. The number of nitrogens with zero attached hydrogens (tertiary/aromatic N) is 3. The molecule has 0 fully saturated rings. The Balaban J connectivity index is 2.79. The average Bonchev–Trinajstić information content (AvgIpc) is 2.49. The van der Waals surface area contributed by atoms with E-state index < -0.39 is 6.04 Å². The van der Waals surface area contributed by atoms with Gasteiger partial charge in [0, 0.05) is 20.3 Å². The maximum atomic E-state index is 11.4. The maximum Gasteiger partial charge on any atom is 0.243 e. The van der Waals surface area contributed by atoms with Gasteiger partial charge in [0.25, 0.3) is 0 Å². The maximum absolute atomic E-state index is 11.4. The summed E-state index contributed by atoms with van der Waals surface area (Å²) in [5, 5.41) is 3.96. The summed E-state index contributed by atoms with van der Waals surface area (Å²) in [4.78, 5) is 12.9. The van der Waals surface area contributed by atoms with Crippen LogP contribution in [0.25, 0.3) is 0 Å². The quantitative estimate of drug-likeness (QED) is 0.684. The summed E-state index contributed by atoms with van der Waals surface area (Å²) < 4.78 is 1.64. The van der Waals surface area contributed by atoms with E-state index in [1.165, 1.54) is 4.90 Å². The highest BCUT2D eigenvalue weighted by Gasteiger charge is 2.15. The van der Waals surface area contributed by atoms with Crippen molar-refractivity contribution in [2.75, 3.05) is 11.9 Å². The minimum absolute atomic E-state index is 0.118. The molecule has 5 heteroatoms. The monoisotopic (exact) mass is 182 g/mol. The van der Waals surface area contributed by atoms with Gasteiger partial charge in [0.2, 0.25) is 5.91 Å². The van der Waals surface area contributed by atoms with Crippen LogP contribution in [-0.4, -0.2) is 28.8 Å². The van der Waals surface area contributed by atoms with Crippen LogP contribution in [0.4, 0.5) is 5.69 Å². The van der Waals surface area contributed by atoms with Crippen molar-refractivity contribution in [3.8, 4) is 0 Å². The van der Waals surface area contributed by atoms with Crippen LogP contribution in [0.3, 0.4) is 0 Å². The molecule has 0 bridgehead atoms. The molecule has 5 nitrogen and oxygen atoms in total. The first-order chi connectivity index (χ1) is 6.02. The number of carbonyl (C=O) groups is 1. The molecular weight excluding hydrogens is 168 g/mol. The molecule has 72 valence electrons. The summed E-state index contributed by atoms with van der Waals surface area (Å²) in [5.41, 5.74) is 6.22. The second kappa shape index (κ2) is 3.57. The first kappa shape index (κ1) is 9.73. The Morgan fingerprint density at radius 3 is 2.77 bits per heavy atom. The lowest BCUT2D eigenvalue weighted by Crippen LogP contribution is -2.39. The predicted molar refractivity (Wildman–Crippen MR) is 50.3 cm³/mol. The number of anilines is 1. The highest BCUT2D eigenvalue weighted by atomic mass is 16.2. The third kappa shape index (κ3) is 2.06. The summed E-state index contributed by atoms with van der Waals surface area (Å²) in [5.74, 6) is -0.118. The second-order valence-electron chi connectivity index (χ2n) is 3.06. The van der Waals surface area contributed by atoms with E-state index in [-0.39, 0.29) is 5.91 Å². The molecule has 1 atom stereocenters. The lowest BCUT2D eigenvalue weighted by Gasteiger charge is -2.16. The zero-order valence-corrected chi connectivity index (χ0v) is 8.06. The highest BCUT2D eigenvalue weighted by Crippen LogP contribution is 2.10. The van der Waals surface area contributed by atoms with E-state index in [0.29, 0.717) is 0 Å². The Morgan fingerprint density at radius 2 is 2.38 bits per heavy atom. The van der Waals surface area contributed by atoms with Gasteiger partial charge in [-0.05, 0) is 6.92 Å². The zero-order valence-electron chi connectivity index (χ0n) is 8.06. The van der Waals surface area contributed by atoms with Gasteiger partial charge >= 0.3 is 0 Å². The van der Waals surface area contributed by atoms with Crippen molar-refractivity contribution in [3.05, 3.63) is 12.4 Å². The van der Waals surface area contributed by atoms with Crippen molar-refractivity contribution < 1.29 is 4.79 Å². The number of aryl methyl sites for hydroxylation is 1. The van der Waals surface area contributed by atoms with Gasteiger partial charge in [0.05, 0.1) is 17.9 Å². The smallest absolute Gasteiger partial charge is 0.243 e. The molecule has 0 aliphatic heterocycles. The molecule has 0 aliphatic carbocycles. The molecular formula is C8H14N4O. The second-order valence-corrected chi connectivity index (χ2v) is 3.06. The largest absolute Gasteiger partial charge is 0.320 e. The molecule has 1 rings (SSSR count). The number of amides is 1. The number of aromatic nitrogens is 2. The van der Waals surface area contributed by atoms with Crippen LogP contribution in [0, 0.1) is 0 Å². The van der Waals surface area contributed by atoms with Gasteiger partial charge in [-0.3, -0.25) is 9.48 Å². The van der Waals surface area contributed by atoms with Crippen molar-refractivity contribution in [1.29, 1.82) is 0 Å². The highest BCUT2D eigenvalue weighted by molar-refractivity contribution is 5.95. The molecule has 1 heterocycles. The zero-order chi connectivity index (χ0) is 10.0. The fourth-order valence-corrected chi connectivity index (χ4v) is 1.01. The number of rotatable bonds is 2. The van der Waals surface area contributed by atoms with Gasteiger partial charge in [0.1, 0.15) is 0 Å². The molecule has 0 aliphatic rings. The fourth-order valence-electron chi connectivity index (χ4n) is 1.01. The van der Waals surface area contributed by atoms with E-state index in [1.54, 1.807) is 38.1 Å². The predicted octanol–water partition coefficient (Wildman–Crippen LogP) is -0.270. The Bertz CT molecular complexity index is 305. The van der Waals surface area contributed by atoms with E-state index in [0.717, 1.165) is 5.69 Å². The molecule has 0 unspecified atom stereocenters. The van der Waals surface area contributed by atoms with Crippen LogP contribution in [0.5, 0.6) is 0 Å². The van der Waals surface area contributed by atoms with Crippen molar-refractivity contribution in [2.24, 2.45) is 12.8 Å². The van der Waals surface area contributed by atoms with Gasteiger partial charge in [-0.1, -0.05) is 0 Å². The third-order valence-corrected chi connectivity index (χ3v) is 1.80. The van der Waals surface area contributed by atoms with Gasteiger partial charge in [-0.2, -0.15) is 5.10 Å². The third-order valence-electron chi connectivity index (χ3n) is 1.80. The molecule has 0 saturated carbocycles. The molecule has 1 amide bonds. The molecule has 1 aromatic rings. The van der Waals surface area contributed by atoms with Crippen LogP contribution in [0.1, 0.15) is 6.92 Å². The Morgan fingerprint density at radius 1 is 1.77 bits per heavy atom. The summed E-state index contributed by atoms with van der Waals surface area (Å²) in [6.07, 6.45) is 3.39. The van der Waals surface area contributed by atoms with Gasteiger partial charge in [-0.25, -0.2) is 0 Å².